The molecular weight excluding hydrogens is 359 g/mol. The predicted molar refractivity (Wildman–Crippen MR) is 120 cm³/mol. The van der Waals surface area contributed by atoms with Gasteiger partial charge in [0.25, 0.3) is 0 Å². The van der Waals surface area contributed by atoms with E-state index in [1.54, 1.807) is 0 Å². The fraction of sp³-hybridized carbons (Fsp3) is 0.769. The fourth-order valence-corrected chi connectivity index (χ4v) is 12.0. The summed E-state index contributed by atoms with van der Waals surface area (Å²) in [5, 5.41) is 1.12. The van der Waals surface area contributed by atoms with Crippen molar-refractivity contribution in [2.24, 2.45) is 40.9 Å². The molecule has 0 heterocycles. The van der Waals surface area contributed by atoms with Gasteiger partial charge in [0.05, 0.1) is 0 Å². The van der Waals surface area contributed by atoms with Crippen molar-refractivity contribution >= 4 is 12.4 Å². The summed E-state index contributed by atoms with van der Waals surface area (Å²) in [6.07, 6.45) is 12.7. The van der Waals surface area contributed by atoms with E-state index in [-0.39, 0.29) is 0 Å². The SMILES string of the molecule is CC1CCC2C(CCC3C2CCC2(C)C3CCC2P(C)(=O)c2ccccc2)C1. The first-order chi connectivity index (χ1) is 13.4. The minimum atomic E-state index is -2.33. The highest BCUT2D eigenvalue weighted by molar-refractivity contribution is 7.71. The van der Waals surface area contributed by atoms with Crippen LogP contribution in [0.1, 0.15) is 71.6 Å². The van der Waals surface area contributed by atoms with Crippen LogP contribution >= 0.6 is 7.14 Å². The molecule has 0 spiro atoms. The third kappa shape index (κ3) is 2.90. The Balaban J connectivity index is 1.41. The van der Waals surface area contributed by atoms with Gasteiger partial charge in [-0.3, -0.25) is 0 Å². The van der Waals surface area contributed by atoms with E-state index >= 15 is 0 Å². The lowest BCUT2D eigenvalue weighted by Crippen LogP contribution is -2.49. The lowest BCUT2D eigenvalue weighted by molar-refractivity contribution is -0.0545. The molecule has 1 aromatic rings. The monoisotopic (exact) mass is 398 g/mol. The second-order valence-corrected chi connectivity index (χ2v) is 14.4. The van der Waals surface area contributed by atoms with E-state index in [1.165, 1.54) is 57.8 Å². The van der Waals surface area contributed by atoms with Crippen molar-refractivity contribution < 1.29 is 4.57 Å². The fourth-order valence-electron chi connectivity index (χ4n) is 8.77. The highest BCUT2D eigenvalue weighted by Crippen LogP contribution is 2.69. The second-order valence-electron chi connectivity index (χ2n) is 11.3. The number of rotatable bonds is 2. The van der Waals surface area contributed by atoms with Crippen molar-refractivity contribution in [2.45, 2.75) is 77.3 Å². The van der Waals surface area contributed by atoms with Crippen molar-refractivity contribution in [3.8, 4) is 0 Å². The molecule has 4 aliphatic rings. The van der Waals surface area contributed by atoms with E-state index in [2.05, 4.69) is 50.8 Å². The normalized spacial score (nSPS) is 47.5. The molecule has 9 unspecified atom stereocenters. The molecule has 0 aliphatic heterocycles. The average Bonchev–Trinajstić information content (AvgIpc) is 3.06. The largest absolute Gasteiger partial charge is 0.319 e. The Bertz CT molecular complexity index is 757. The Morgan fingerprint density at radius 1 is 0.893 bits per heavy atom. The molecular formula is C26H39OP. The van der Waals surface area contributed by atoms with Gasteiger partial charge in [-0.1, -0.05) is 50.6 Å². The quantitative estimate of drug-likeness (QED) is 0.492. The van der Waals surface area contributed by atoms with E-state index < -0.39 is 7.14 Å². The molecule has 4 fully saturated rings. The number of fused-ring (bicyclic) bond motifs is 5. The number of benzene rings is 1. The van der Waals surface area contributed by atoms with Crippen LogP contribution in [0, 0.1) is 40.9 Å². The van der Waals surface area contributed by atoms with Crippen LogP contribution < -0.4 is 5.30 Å². The van der Waals surface area contributed by atoms with Gasteiger partial charge in [-0.25, -0.2) is 0 Å². The first-order valence-corrected chi connectivity index (χ1v) is 14.3. The zero-order chi connectivity index (χ0) is 19.5. The van der Waals surface area contributed by atoms with Gasteiger partial charge in [-0.2, -0.15) is 0 Å². The lowest BCUT2D eigenvalue weighted by Gasteiger charge is -2.56. The molecule has 0 N–H and O–H groups in total. The molecule has 1 aromatic carbocycles. The summed E-state index contributed by atoms with van der Waals surface area (Å²) >= 11 is 0. The van der Waals surface area contributed by atoms with Crippen molar-refractivity contribution in [1.82, 2.24) is 0 Å². The summed E-state index contributed by atoms with van der Waals surface area (Å²) in [5.74, 6) is 5.73. The van der Waals surface area contributed by atoms with Crippen LogP contribution in [0.25, 0.3) is 0 Å². The van der Waals surface area contributed by atoms with Gasteiger partial charge >= 0.3 is 0 Å². The molecule has 28 heavy (non-hydrogen) atoms. The van der Waals surface area contributed by atoms with E-state index in [0.717, 1.165) is 40.8 Å². The topological polar surface area (TPSA) is 17.1 Å². The minimum Gasteiger partial charge on any atom is -0.319 e. The molecule has 4 aliphatic carbocycles. The van der Waals surface area contributed by atoms with E-state index in [4.69, 9.17) is 0 Å². The summed E-state index contributed by atoms with van der Waals surface area (Å²) in [6.45, 7) is 7.12. The second kappa shape index (κ2) is 7.01. The average molecular weight is 399 g/mol. The van der Waals surface area contributed by atoms with Gasteiger partial charge < -0.3 is 4.57 Å². The molecule has 0 bridgehead atoms. The Morgan fingerprint density at radius 2 is 1.64 bits per heavy atom. The molecule has 0 amide bonds. The first-order valence-electron chi connectivity index (χ1n) is 12.0. The van der Waals surface area contributed by atoms with E-state index in [9.17, 15) is 4.57 Å². The van der Waals surface area contributed by atoms with E-state index in [1.807, 2.05) is 0 Å². The van der Waals surface area contributed by atoms with Crippen molar-refractivity contribution in [1.29, 1.82) is 0 Å². The first kappa shape index (κ1) is 19.4. The molecule has 2 heteroatoms. The zero-order valence-corrected chi connectivity index (χ0v) is 19.0. The molecule has 4 saturated carbocycles. The van der Waals surface area contributed by atoms with Gasteiger partial charge in [0.15, 0.2) is 0 Å². The maximum atomic E-state index is 14.1. The van der Waals surface area contributed by atoms with Crippen LogP contribution in [0.3, 0.4) is 0 Å². The number of hydrogen-bond acceptors (Lipinski definition) is 1. The maximum absolute atomic E-state index is 14.1. The summed E-state index contributed by atoms with van der Waals surface area (Å²) in [7, 11) is -2.33. The lowest BCUT2D eigenvalue weighted by atomic mass is 9.50. The van der Waals surface area contributed by atoms with Crippen molar-refractivity contribution in [3.63, 3.8) is 0 Å². The molecule has 9 atom stereocenters. The van der Waals surface area contributed by atoms with Gasteiger partial charge in [0.2, 0.25) is 0 Å². The third-order valence-corrected chi connectivity index (χ3v) is 13.4. The van der Waals surface area contributed by atoms with Crippen LogP contribution in [-0.2, 0) is 4.57 Å². The van der Waals surface area contributed by atoms with E-state index in [0.29, 0.717) is 11.1 Å². The molecule has 0 radical (unpaired) electrons. The molecule has 154 valence electrons. The summed E-state index contributed by atoms with van der Waals surface area (Å²) in [6, 6.07) is 10.4. The number of hydrogen-bond donors (Lipinski definition) is 0. The summed E-state index contributed by atoms with van der Waals surface area (Å²) in [5.41, 5.74) is 0.702. The van der Waals surface area contributed by atoms with Crippen molar-refractivity contribution in [2.75, 3.05) is 6.66 Å². The van der Waals surface area contributed by atoms with Crippen molar-refractivity contribution in [3.05, 3.63) is 30.3 Å². The molecule has 0 saturated heterocycles. The maximum Gasteiger partial charge on any atom is 0.116 e. The van der Waals surface area contributed by atoms with Crippen LogP contribution in [0.4, 0.5) is 0 Å². The smallest absolute Gasteiger partial charge is 0.116 e. The Kier molecular flexibility index (Phi) is 4.86. The third-order valence-electron chi connectivity index (χ3n) is 10.0. The van der Waals surface area contributed by atoms with Crippen LogP contribution in [0.2, 0.25) is 0 Å². The van der Waals surface area contributed by atoms with Crippen LogP contribution in [0.5, 0.6) is 0 Å². The Labute approximate surface area is 172 Å². The van der Waals surface area contributed by atoms with Crippen LogP contribution in [0.15, 0.2) is 30.3 Å². The van der Waals surface area contributed by atoms with Gasteiger partial charge in [0.1, 0.15) is 7.14 Å². The molecule has 5 rings (SSSR count). The highest BCUT2D eigenvalue weighted by atomic mass is 31.2. The van der Waals surface area contributed by atoms with Gasteiger partial charge in [-0.05, 0) is 99.0 Å². The van der Waals surface area contributed by atoms with Crippen LogP contribution in [-0.4, -0.2) is 12.3 Å². The summed E-state index contributed by atoms with van der Waals surface area (Å²) < 4.78 is 14.1. The van der Waals surface area contributed by atoms with Gasteiger partial charge in [0, 0.05) is 11.0 Å². The Hall–Kier alpha value is -0.550. The summed E-state index contributed by atoms with van der Waals surface area (Å²) in [4.78, 5) is 0. The Morgan fingerprint density at radius 3 is 2.43 bits per heavy atom. The predicted octanol–water partition coefficient (Wildman–Crippen LogP) is 6.96. The highest BCUT2D eigenvalue weighted by Gasteiger charge is 2.59. The zero-order valence-electron chi connectivity index (χ0n) is 18.1. The van der Waals surface area contributed by atoms with Gasteiger partial charge in [-0.15, -0.1) is 0 Å². The molecule has 1 nitrogen and oxygen atoms in total. The standard InChI is InChI=1S/C26H39OP/c1-18-9-11-21-19(17-18)10-12-23-22(21)15-16-26(2)24(23)13-14-25(26)28(3,27)20-7-5-4-6-8-20/h4-8,18-19,21-25H,9-17H2,1-3H3. The molecule has 0 aromatic heterocycles. The minimum absolute atomic E-state index is 0.302.